The molecular weight excluding hydrogens is 661 g/mol. The number of para-hydroxylation sites is 1. The first-order valence-electron chi connectivity index (χ1n) is 15.3. The van der Waals surface area contributed by atoms with Crippen LogP contribution >= 0.6 is 0 Å². The molecule has 2 saturated heterocycles. The van der Waals surface area contributed by atoms with Gasteiger partial charge in [0.15, 0.2) is 18.2 Å². The van der Waals surface area contributed by atoms with Crippen LogP contribution in [-0.4, -0.2) is 95.2 Å². The number of amides is 1. The first-order valence-corrected chi connectivity index (χ1v) is 16.7. The standard InChI is InChI=1S/C35H32FNO11S/c36-21-12-9-18(10-13-21)26(39)17-49(46)32-27(37(33(32)43)22-6-2-1-3-7-22)24-14-11-20(16-25(24)38)19-5-4-8-23(15-19)47-35-30(42)28(40)29(41)31(48-35)34(44)45/h1-7,9-16,23,27-32,35,38,40-42H,8,17H2,(H,44,45)/t23?,27-,28?,29+,30?,31?,32-,35-,49?/m1/s1. The van der Waals surface area contributed by atoms with Gasteiger partial charge in [0.05, 0.1) is 17.9 Å². The number of halogens is 1. The number of carboxylic acids is 1. The lowest BCUT2D eigenvalue weighted by Crippen LogP contribution is -2.61. The molecule has 256 valence electrons. The minimum atomic E-state index is -2.00. The Morgan fingerprint density at radius 1 is 0.980 bits per heavy atom. The number of anilines is 1. The Morgan fingerprint density at radius 2 is 1.69 bits per heavy atom. The van der Waals surface area contributed by atoms with Gasteiger partial charge in [-0.25, -0.2) is 9.18 Å². The molecule has 0 saturated carbocycles. The summed E-state index contributed by atoms with van der Waals surface area (Å²) in [7, 11) is -2.00. The van der Waals surface area contributed by atoms with E-state index in [0.29, 0.717) is 28.8 Å². The van der Waals surface area contributed by atoms with Gasteiger partial charge in [0.25, 0.3) is 0 Å². The van der Waals surface area contributed by atoms with Gasteiger partial charge >= 0.3 is 5.97 Å². The Hall–Kier alpha value is -4.57. The summed E-state index contributed by atoms with van der Waals surface area (Å²) in [4.78, 5) is 39.2. The number of aliphatic hydroxyl groups is 3. The van der Waals surface area contributed by atoms with Gasteiger partial charge < -0.3 is 39.9 Å². The number of phenolic OH excluding ortho intramolecular Hbond substituents is 1. The molecule has 2 fully saturated rings. The summed E-state index contributed by atoms with van der Waals surface area (Å²) in [6.45, 7) is 0. The van der Waals surface area contributed by atoms with E-state index < -0.39 is 88.1 Å². The molecule has 0 bridgehead atoms. The van der Waals surface area contributed by atoms with Crippen molar-refractivity contribution < 1.29 is 58.0 Å². The molecule has 6 rings (SSSR count). The molecule has 0 radical (unpaired) electrons. The van der Waals surface area contributed by atoms with Crippen molar-refractivity contribution in [1.82, 2.24) is 0 Å². The maximum absolute atomic E-state index is 13.6. The molecule has 3 aromatic rings. The maximum Gasteiger partial charge on any atom is 0.335 e. The minimum Gasteiger partial charge on any atom is -0.508 e. The van der Waals surface area contributed by atoms with Gasteiger partial charge in [0.1, 0.15) is 35.1 Å². The van der Waals surface area contributed by atoms with Crippen molar-refractivity contribution in [2.45, 2.75) is 54.5 Å². The Labute approximate surface area is 281 Å². The third-order valence-electron chi connectivity index (χ3n) is 8.64. The van der Waals surface area contributed by atoms with Crippen LogP contribution in [0, 0.1) is 5.82 Å². The minimum absolute atomic E-state index is 0.154. The highest BCUT2D eigenvalue weighted by molar-refractivity contribution is 7.87. The van der Waals surface area contributed by atoms with Gasteiger partial charge in [0.2, 0.25) is 5.91 Å². The molecule has 14 heteroatoms. The summed E-state index contributed by atoms with van der Waals surface area (Å²) in [5.74, 6) is -3.77. The number of ketones is 1. The molecule has 2 heterocycles. The van der Waals surface area contributed by atoms with E-state index in [1.54, 1.807) is 60.7 Å². The van der Waals surface area contributed by atoms with Crippen LogP contribution in [0.4, 0.5) is 10.1 Å². The molecule has 49 heavy (non-hydrogen) atoms. The van der Waals surface area contributed by atoms with Gasteiger partial charge in [-0.15, -0.1) is 0 Å². The fourth-order valence-corrected chi connectivity index (χ4v) is 7.58. The van der Waals surface area contributed by atoms with E-state index in [4.69, 9.17) is 9.47 Å². The van der Waals surface area contributed by atoms with Crippen LogP contribution < -0.4 is 4.90 Å². The summed E-state index contributed by atoms with van der Waals surface area (Å²) in [6, 6.07) is 17.3. The zero-order chi connectivity index (χ0) is 35.0. The number of hydrogen-bond acceptors (Lipinski definition) is 10. The number of carboxylic acid groups (broad SMARTS) is 1. The number of aromatic hydroxyl groups is 1. The molecule has 3 aromatic carbocycles. The SMILES string of the molecule is O=C(CS(=O)[C@H]1C(=O)N(c2ccccc2)[C@@H]1c1ccc(C2=CC(O[C@@H]3OC(C(=O)O)[C@@H](O)C(O)C3O)CC=C2)cc1O)c1ccc(F)cc1. The summed E-state index contributed by atoms with van der Waals surface area (Å²) >= 11 is 0. The highest BCUT2D eigenvalue weighted by Crippen LogP contribution is 2.45. The predicted molar refractivity (Wildman–Crippen MR) is 173 cm³/mol. The van der Waals surface area contributed by atoms with Crippen molar-refractivity contribution in [2.24, 2.45) is 0 Å². The Kier molecular flexibility index (Phi) is 9.88. The molecule has 5 N–H and O–H groups in total. The number of aliphatic hydroxyl groups excluding tert-OH is 3. The van der Waals surface area contributed by atoms with Gasteiger partial charge in [-0.3, -0.25) is 13.8 Å². The van der Waals surface area contributed by atoms with Gasteiger partial charge in [0, 0.05) is 27.6 Å². The number of Topliss-reactive ketones (excluding diaryl/α,β-unsaturated/α-hetero) is 1. The Bertz CT molecular complexity index is 1830. The van der Waals surface area contributed by atoms with Crippen molar-refractivity contribution in [3.05, 3.63) is 114 Å². The van der Waals surface area contributed by atoms with E-state index in [-0.39, 0.29) is 11.3 Å². The highest BCUT2D eigenvalue weighted by Gasteiger charge is 2.53. The zero-order valence-corrected chi connectivity index (χ0v) is 26.4. The van der Waals surface area contributed by atoms with E-state index >= 15 is 0 Å². The molecule has 0 spiro atoms. The molecule has 3 aliphatic rings. The van der Waals surface area contributed by atoms with Crippen molar-refractivity contribution in [3.8, 4) is 5.75 Å². The van der Waals surface area contributed by atoms with Crippen LogP contribution in [0.2, 0.25) is 0 Å². The van der Waals surface area contributed by atoms with Crippen molar-refractivity contribution in [2.75, 3.05) is 10.7 Å². The summed E-state index contributed by atoms with van der Waals surface area (Å²) in [6.07, 6.45) is -4.06. The average Bonchev–Trinajstić information content (AvgIpc) is 3.08. The number of phenols is 1. The lowest BCUT2D eigenvalue weighted by Gasteiger charge is -2.46. The zero-order valence-electron chi connectivity index (χ0n) is 25.6. The number of allylic oxidation sites excluding steroid dienone is 2. The van der Waals surface area contributed by atoms with Crippen LogP contribution in [0.5, 0.6) is 5.75 Å². The van der Waals surface area contributed by atoms with E-state index in [9.17, 15) is 48.5 Å². The fraction of sp³-hybridized carbons (Fsp3) is 0.286. The number of nitrogens with zero attached hydrogens (tertiary/aromatic N) is 1. The topological polar surface area (TPSA) is 191 Å². The second-order valence-electron chi connectivity index (χ2n) is 11.8. The van der Waals surface area contributed by atoms with E-state index in [2.05, 4.69) is 0 Å². The number of ether oxygens (including phenoxy) is 2. The molecule has 1 aliphatic carbocycles. The normalized spacial score (nSPS) is 28.8. The van der Waals surface area contributed by atoms with Gasteiger partial charge in [-0.05, 0) is 66.1 Å². The monoisotopic (exact) mass is 693 g/mol. The highest BCUT2D eigenvalue weighted by atomic mass is 32.2. The van der Waals surface area contributed by atoms with Crippen LogP contribution in [0.25, 0.3) is 5.57 Å². The average molecular weight is 694 g/mol. The Balaban J connectivity index is 1.24. The Morgan fingerprint density at radius 3 is 2.37 bits per heavy atom. The second kappa shape index (κ2) is 14.1. The van der Waals surface area contributed by atoms with E-state index in [1.165, 1.54) is 23.1 Å². The number of carbonyl (C=O) groups is 3. The van der Waals surface area contributed by atoms with Crippen LogP contribution in [0.15, 0.2) is 91.0 Å². The van der Waals surface area contributed by atoms with Crippen LogP contribution in [0.1, 0.15) is 33.9 Å². The lowest BCUT2D eigenvalue weighted by molar-refractivity contribution is -0.300. The third-order valence-corrected chi connectivity index (χ3v) is 10.2. The number of aliphatic carboxylic acids is 1. The number of β-lactam (4-membered cyclic amide) rings is 1. The fourth-order valence-electron chi connectivity index (χ4n) is 6.09. The molecule has 1 amide bonds. The first kappa shape index (κ1) is 34.3. The van der Waals surface area contributed by atoms with E-state index in [1.807, 2.05) is 0 Å². The number of rotatable bonds is 10. The second-order valence-corrected chi connectivity index (χ2v) is 13.4. The largest absolute Gasteiger partial charge is 0.508 e. The number of carbonyl (C=O) groups excluding carboxylic acids is 2. The molecule has 12 nitrogen and oxygen atoms in total. The number of hydrogen-bond donors (Lipinski definition) is 5. The lowest BCUT2D eigenvalue weighted by atomic mass is 9.89. The molecule has 5 unspecified atom stereocenters. The summed E-state index contributed by atoms with van der Waals surface area (Å²) in [5.41, 5.74) is 2.05. The molecule has 2 aliphatic heterocycles. The van der Waals surface area contributed by atoms with Crippen molar-refractivity contribution in [1.29, 1.82) is 0 Å². The van der Waals surface area contributed by atoms with Crippen LogP contribution in [-0.2, 0) is 29.9 Å². The summed E-state index contributed by atoms with van der Waals surface area (Å²) in [5, 5.41) is 49.9. The quantitative estimate of drug-likeness (QED) is 0.155. The first-order chi connectivity index (χ1) is 23.4. The van der Waals surface area contributed by atoms with Crippen molar-refractivity contribution in [3.63, 3.8) is 0 Å². The molecule has 0 aromatic heterocycles. The molecule has 9 atom stereocenters. The molecular formula is C35H32FNO11S. The van der Waals surface area contributed by atoms with Gasteiger partial charge in [-0.2, -0.15) is 0 Å². The van der Waals surface area contributed by atoms with Crippen molar-refractivity contribution >= 4 is 39.7 Å². The van der Waals surface area contributed by atoms with Gasteiger partial charge in [-0.1, -0.05) is 42.5 Å². The smallest absolute Gasteiger partial charge is 0.335 e. The predicted octanol–water partition coefficient (Wildman–Crippen LogP) is 2.24. The van der Waals surface area contributed by atoms with Crippen LogP contribution in [0.3, 0.4) is 0 Å². The maximum atomic E-state index is 13.6. The third kappa shape index (κ3) is 6.84. The number of benzene rings is 3. The van der Waals surface area contributed by atoms with E-state index in [0.717, 1.165) is 12.1 Å². The summed E-state index contributed by atoms with van der Waals surface area (Å²) < 4.78 is 37.9.